The van der Waals surface area contributed by atoms with Gasteiger partial charge in [0.1, 0.15) is 18.0 Å². The Balaban J connectivity index is 1.45. The molecule has 4 atom stereocenters. The average Bonchev–Trinajstić information content (AvgIpc) is 3.33. The number of allylic oxidation sites excluding steroid dienone is 1. The van der Waals surface area contributed by atoms with Crippen molar-refractivity contribution in [2.24, 2.45) is 0 Å². The SMILES string of the molecule is C=CCC[C@@H]1[C@@H](OCc2ccccc2)[C@H](OCc2ccccc2)[C@@H](COCc2ccccc2)N1Cc1ccc(OC)cc1. The van der Waals surface area contributed by atoms with Crippen molar-refractivity contribution < 1.29 is 18.9 Å². The van der Waals surface area contributed by atoms with Gasteiger partial charge in [0.25, 0.3) is 0 Å². The van der Waals surface area contributed by atoms with Gasteiger partial charge in [-0.25, -0.2) is 0 Å². The molecule has 224 valence electrons. The minimum atomic E-state index is -0.187. The largest absolute Gasteiger partial charge is 0.497 e. The highest BCUT2D eigenvalue weighted by Gasteiger charge is 2.50. The number of hydrogen-bond donors (Lipinski definition) is 0. The Kier molecular flexibility index (Phi) is 11.6. The van der Waals surface area contributed by atoms with Crippen molar-refractivity contribution in [3.63, 3.8) is 0 Å². The maximum Gasteiger partial charge on any atom is 0.118 e. The van der Waals surface area contributed by atoms with Crippen LogP contribution in [0.15, 0.2) is 128 Å². The lowest BCUT2D eigenvalue weighted by atomic mass is 10.0. The van der Waals surface area contributed by atoms with Crippen molar-refractivity contribution in [2.75, 3.05) is 13.7 Å². The molecule has 5 rings (SSSR count). The number of methoxy groups -OCH3 is 1. The molecule has 0 amide bonds. The van der Waals surface area contributed by atoms with Gasteiger partial charge in [0.2, 0.25) is 0 Å². The van der Waals surface area contributed by atoms with Crippen LogP contribution in [-0.4, -0.2) is 42.9 Å². The zero-order valence-electron chi connectivity index (χ0n) is 25.1. The first-order valence-electron chi connectivity index (χ1n) is 15.2. The third-order valence-electron chi connectivity index (χ3n) is 8.10. The molecule has 1 fully saturated rings. The molecular formula is C38H43NO4. The summed E-state index contributed by atoms with van der Waals surface area (Å²) >= 11 is 0. The summed E-state index contributed by atoms with van der Waals surface area (Å²) in [7, 11) is 1.70. The van der Waals surface area contributed by atoms with Crippen LogP contribution in [0.25, 0.3) is 0 Å². The van der Waals surface area contributed by atoms with Gasteiger partial charge in [0.15, 0.2) is 0 Å². The Morgan fingerprint density at radius 1 is 0.628 bits per heavy atom. The lowest BCUT2D eigenvalue weighted by molar-refractivity contribution is -0.0868. The van der Waals surface area contributed by atoms with Gasteiger partial charge in [-0.05, 0) is 47.2 Å². The minimum Gasteiger partial charge on any atom is -0.497 e. The molecule has 1 aliphatic heterocycles. The summed E-state index contributed by atoms with van der Waals surface area (Å²) in [6.45, 7) is 6.90. The molecule has 0 N–H and O–H groups in total. The first kappa shape index (κ1) is 30.7. The molecule has 4 aromatic rings. The van der Waals surface area contributed by atoms with Crippen molar-refractivity contribution in [3.05, 3.63) is 150 Å². The number of benzene rings is 4. The third-order valence-corrected chi connectivity index (χ3v) is 8.10. The second kappa shape index (κ2) is 16.2. The smallest absolute Gasteiger partial charge is 0.118 e. The van der Waals surface area contributed by atoms with E-state index in [4.69, 9.17) is 18.9 Å². The van der Waals surface area contributed by atoms with E-state index in [2.05, 4.69) is 96.4 Å². The Hall–Kier alpha value is -3.74. The normalized spacial score (nSPS) is 20.2. The maximum absolute atomic E-state index is 6.83. The molecule has 5 nitrogen and oxygen atoms in total. The molecule has 0 aliphatic carbocycles. The first-order chi connectivity index (χ1) is 21.2. The number of likely N-dealkylation sites (tertiary alicyclic amines) is 1. The number of nitrogens with zero attached hydrogens (tertiary/aromatic N) is 1. The van der Waals surface area contributed by atoms with Crippen molar-refractivity contribution in [1.82, 2.24) is 4.90 Å². The Morgan fingerprint density at radius 2 is 1.14 bits per heavy atom. The third kappa shape index (κ3) is 8.65. The van der Waals surface area contributed by atoms with Crippen LogP contribution in [-0.2, 0) is 40.6 Å². The van der Waals surface area contributed by atoms with E-state index in [1.165, 1.54) is 5.56 Å². The molecule has 4 aromatic carbocycles. The van der Waals surface area contributed by atoms with Gasteiger partial charge in [-0.3, -0.25) is 4.90 Å². The van der Waals surface area contributed by atoms with Crippen LogP contribution >= 0.6 is 0 Å². The zero-order valence-corrected chi connectivity index (χ0v) is 25.1. The highest BCUT2D eigenvalue weighted by Crippen LogP contribution is 2.36. The van der Waals surface area contributed by atoms with Gasteiger partial charge in [-0.2, -0.15) is 0 Å². The molecule has 43 heavy (non-hydrogen) atoms. The van der Waals surface area contributed by atoms with Gasteiger partial charge in [0, 0.05) is 12.6 Å². The molecule has 1 aliphatic rings. The summed E-state index contributed by atoms with van der Waals surface area (Å²) in [6.07, 6.45) is 3.47. The number of rotatable bonds is 16. The zero-order chi connectivity index (χ0) is 29.7. The van der Waals surface area contributed by atoms with E-state index >= 15 is 0 Å². The van der Waals surface area contributed by atoms with Crippen molar-refractivity contribution in [3.8, 4) is 5.75 Å². The molecule has 0 spiro atoms. The maximum atomic E-state index is 6.83. The second-order valence-corrected chi connectivity index (χ2v) is 11.0. The molecule has 0 saturated carbocycles. The molecule has 1 heterocycles. The summed E-state index contributed by atoms with van der Waals surface area (Å²) in [5.41, 5.74) is 4.66. The monoisotopic (exact) mass is 577 g/mol. The molecular weight excluding hydrogens is 534 g/mol. The van der Waals surface area contributed by atoms with Crippen LogP contribution in [0.5, 0.6) is 5.75 Å². The predicted molar refractivity (Wildman–Crippen MR) is 172 cm³/mol. The fraction of sp³-hybridized carbons (Fsp3) is 0.316. The average molecular weight is 578 g/mol. The Morgan fingerprint density at radius 3 is 1.65 bits per heavy atom. The topological polar surface area (TPSA) is 40.2 Å². The molecule has 5 heteroatoms. The molecule has 0 unspecified atom stereocenters. The van der Waals surface area contributed by atoms with E-state index in [9.17, 15) is 0 Å². The van der Waals surface area contributed by atoms with E-state index < -0.39 is 0 Å². The fourth-order valence-corrected chi connectivity index (χ4v) is 5.86. The van der Waals surface area contributed by atoms with Crippen LogP contribution in [0.2, 0.25) is 0 Å². The summed E-state index contributed by atoms with van der Waals surface area (Å²) in [4.78, 5) is 2.54. The van der Waals surface area contributed by atoms with Gasteiger partial charge < -0.3 is 18.9 Å². The quantitative estimate of drug-likeness (QED) is 0.128. The van der Waals surface area contributed by atoms with Crippen molar-refractivity contribution >= 4 is 0 Å². The van der Waals surface area contributed by atoms with Gasteiger partial charge in [-0.1, -0.05) is 109 Å². The van der Waals surface area contributed by atoms with E-state index in [1.54, 1.807) is 7.11 Å². The number of ether oxygens (including phenoxy) is 4. The first-order valence-corrected chi connectivity index (χ1v) is 15.2. The lowest BCUT2D eigenvalue weighted by Crippen LogP contribution is -2.42. The van der Waals surface area contributed by atoms with Crippen molar-refractivity contribution in [1.29, 1.82) is 0 Å². The van der Waals surface area contributed by atoms with Crippen LogP contribution in [0, 0.1) is 0 Å². The highest BCUT2D eigenvalue weighted by atomic mass is 16.5. The minimum absolute atomic E-state index is 0.00915. The summed E-state index contributed by atoms with van der Waals surface area (Å²) in [6, 6.07) is 39.5. The Labute approximate surface area is 256 Å². The standard InChI is InChI=1S/C38H43NO4/c1-3-4-20-35-37(42-27-32-16-10-6-11-17-32)38(43-28-33-18-12-7-13-19-33)36(29-41-26-31-14-8-5-9-15-31)39(35)25-30-21-23-34(40-2)24-22-30/h3,5-19,21-24,35-38H,1,4,20,25-29H2,2H3/t35-,36-,37-,38-/m1/s1. The van der Waals surface area contributed by atoms with Crippen LogP contribution in [0.1, 0.15) is 35.1 Å². The molecule has 0 bridgehead atoms. The van der Waals surface area contributed by atoms with E-state index in [1.807, 2.05) is 36.4 Å². The molecule has 1 saturated heterocycles. The van der Waals surface area contributed by atoms with Crippen molar-refractivity contribution in [2.45, 2.75) is 63.5 Å². The van der Waals surface area contributed by atoms with Crippen LogP contribution in [0.4, 0.5) is 0 Å². The summed E-state index contributed by atoms with van der Waals surface area (Å²) in [5.74, 6) is 0.851. The van der Waals surface area contributed by atoms with Gasteiger partial charge >= 0.3 is 0 Å². The second-order valence-electron chi connectivity index (χ2n) is 11.0. The van der Waals surface area contributed by atoms with E-state index in [-0.39, 0.29) is 24.3 Å². The lowest BCUT2D eigenvalue weighted by Gasteiger charge is -2.31. The predicted octanol–water partition coefficient (Wildman–Crippen LogP) is 7.60. The van der Waals surface area contributed by atoms with Crippen LogP contribution < -0.4 is 4.74 Å². The molecule has 0 aromatic heterocycles. The fourth-order valence-electron chi connectivity index (χ4n) is 5.86. The van der Waals surface area contributed by atoms with E-state index in [0.717, 1.165) is 41.8 Å². The van der Waals surface area contributed by atoms with Gasteiger partial charge in [0.05, 0.1) is 39.6 Å². The van der Waals surface area contributed by atoms with E-state index in [0.29, 0.717) is 26.4 Å². The number of hydrogen-bond acceptors (Lipinski definition) is 5. The van der Waals surface area contributed by atoms with Crippen LogP contribution in [0.3, 0.4) is 0 Å². The Bertz CT molecular complexity index is 1350. The summed E-state index contributed by atoms with van der Waals surface area (Å²) < 4.78 is 25.5. The molecule has 0 radical (unpaired) electrons. The summed E-state index contributed by atoms with van der Waals surface area (Å²) in [5, 5.41) is 0. The highest BCUT2D eigenvalue weighted by molar-refractivity contribution is 5.27. The van der Waals surface area contributed by atoms with Gasteiger partial charge in [-0.15, -0.1) is 6.58 Å².